The molecule has 0 aliphatic rings. The molecule has 0 N–H and O–H groups in total. The number of halogens is 1. The fourth-order valence-corrected chi connectivity index (χ4v) is 4.19. The van der Waals surface area contributed by atoms with E-state index >= 15 is 0 Å². The number of imidazole rings is 1. The molecule has 7 nitrogen and oxygen atoms in total. The Balaban J connectivity index is 1.84. The van der Waals surface area contributed by atoms with Crippen LogP contribution in [0.25, 0.3) is 38.8 Å². The minimum Gasteiger partial charge on any atom is -0.311 e. The molecule has 0 aliphatic heterocycles. The molecular weight excluding hydrogens is 441 g/mol. The number of benzene rings is 2. The van der Waals surface area contributed by atoms with Crippen molar-refractivity contribution in [2.24, 2.45) is 12.0 Å². The van der Waals surface area contributed by atoms with E-state index < -0.39 is 5.41 Å². The average molecular weight is 462 g/mol. The third kappa shape index (κ3) is 3.62. The van der Waals surface area contributed by atoms with Gasteiger partial charge in [-0.1, -0.05) is 18.2 Å². The van der Waals surface area contributed by atoms with Gasteiger partial charge in [0.1, 0.15) is 5.82 Å². The van der Waals surface area contributed by atoms with Gasteiger partial charge in [-0.2, -0.15) is 10.5 Å². The number of aromatic nitrogens is 4. The van der Waals surface area contributed by atoms with Gasteiger partial charge in [-0.25, -0.2) is 4.39 Å². The third-order valence-electron chi connectivity index (χ3n) is 6.16. The molecule has 0 aliphatic carbocycles. The molecule has 0 saturated heterocycles. The van der Waals surface area contributed by atoms with Crippen LogP contribution >= 0.6 is 0 Å². The van der Waals surface area contributed by atoms with E-state index in [4.69, 9.17) is 0 Å². The Labute approximate surface area is 200 Å². The first-order chi connectivity index (χ1) is 16.8. The lowest BCUT2D eigenvalue weighted by molar-refractivity contribution is 0.628. The van der Waals surface area contributed by atoms with E-state index in [0.29, 0.717) is 17.0 Å². The van der Waals surface area contributed by atoms with Gasteiger partial charge in [0.25, 0.3) is 0 Å². The summed E-state index contributed by atoms with van der Waals surface area (Å²) in [5.74, 6) is -0.294. The maximum Gasteiger partial charge on any atom is 0.226 e. The Bertz CT molecular complexity index is 1740. The van der Waals surface area contributed by atoms with E-state index in [1.807, 2.05) is 66.6 Å². The summed E-state index contributed by atoms with van der Waals surface area (Å²) in [4.78, 5) is 13.2. The van der Waals surface area contributed by atoms with Crippen molar-refractivity contribution in [2.75, 3.05) is 0 Å². The predicted molar refractivity (Wildman–Crippen MR) is 131 cm³/mol. The summed E-state index contributed by atoms with van der Waals surface area (Å²) in [6.45, 7) is 3.62. The fraction of sp³-hybridized carbons (Fsp3) is 0.148. The maximum absolute atomic E-state index is 13.5. The van der Waals surface area contributed by atoms with Crippen LogP contribution in [0.5, 0.6) is 0 Å². The van der Waals surface area contributed by atoms with Crippen LogP contribution in [-0.4, -0.2) is 19.1 Å². The van der Waals surface area contributed by atoms with Gasteiger partial charge in [-0.3, -0.25) is 14.5 Å². The van der Waals surface area contributed by atoms with E-state index in [1.54, 1.807) is 24.5 Å². The summed E-state index contributed by atoms with van der Waals surface area (Å²) in [6, 6.07) is 18.2. The van der Waals surface area contributed by atoms with Gasteiger partial charge < -0.3 is 4.57 Å². The SMILES string of the molecule is Cn1/c(=N/C#N)n(-c2ccc(C(C)(C)C#N)nc2)c2c3cc(-c4ccc(F)cc4)ccc3ncc21. The molecule has 5 rings (SSSR count). The lowest BCUT2D eigenvalue weighted by Crippen LogP contribution is -2.23. The van der Waals surface area contributed by atoms with Crippen LogP contribution in [0.3, 0.4) is 0 Å². The highest BCUT2D eigenvalue weighted by Crippen LogP contribution is 2.30. The predicted octanol–water partition coefficient (Wildman–Crippen LogP) is 4.90. The number of hydrogen-bond donors (Lipinski definition) is 0. The Hall–Kier alpha value is -4.82. The largest absolute Gasteiger partial charge is 0.311 e. The van der Waals surface area contributed by atoms with Crippen LogP contribution in [0, 0.1) is 28.6 Å². The molecule has 8 heteroatoms. The summed E-state index contributed by atoms with van der Waals surface area (Å²) >= 11 is 0. The van der Waals surface area contributed by atoms with E-state index in [-0.39, 0.29) is 5.82 Å². The first-order valence-corrected chi connectivity index (χ1v) is 10.9. The van der Waals surface area contributed by atoms with Crippen molar-refractivity contribution in [3.8, 4) is 29.1 Å². The van der Waals surface area contributed by atoms with Crippen molar-refractivity contribution in [1.29, 1.82) is 10.5 Å². The Morgan fingerprint density at radius 1 is 0.943 bits per heavy atom. The van der Waals surface area contributed by atoms with E-state index in [1.165, 1.54) is 12.1 Å². The van der Waals surface area contributed by atoms with Gasteiger partial charge in [-0.15, -0.1) is 4.99 Å². The lowest BCUT2D eigenvalue weighted by Gasteiger charge is -2.15. The van der Waals surface area contributed by atoms with Crippen molar-refractivity contribution in [3.05, 3.63) is 84.1 Å². The number of rotatable bonds is 3. The summed E-state index contributed by atoms with van der Waals surface area (Å²) in [5, 5.41) is 19.7. The zero-order valence-corrected chi connectivity index (χ0v) is 19.4. The number of hydrogen-bond acceptors (Lipinski definition) is 5. The second-order valence-corrected chi connectivity index (χ2v) is 8.78. The summed E-state index contributed by atoms with van der Waals surface area (Å²) in [5.41, 5.74) is 5.16. The normalized spacial score (nSPS) is 12.1. The summed E-state index contributed by atoms with van der Waals surface area (Å²) < 4.78 is 17.1. The molecule has 3 aromatic heterocycles. The van der Waals surface area contributed by atoms with Gasteiger partial charge in [0.2, 0.25) is 11.8 Å². The van der Waals surface area contributed by atoms with E-state index in [0.717, 1.165) is 33.1 Å². The molecule has 0 saturated carbocycles. The first-order valence-electron chi connectivity index (χ1n) is 10.9. The van der Waals surface area contributed by atoms with Crippen LogP contribution in [0.4, 0.5) is 4.39 Å². The van der Waals surface area contributed by atoms with Crippen molar-refractivity contribution in [2.45, 2.75) is 19.3 Å². The molecule has 35 heavy (non-hydrogen) atoms. The van der Waals surface area contributed by atoms with Crippen molar-refractivity contribution in [3.63, 3.8) is 0 Å². The lowest BCUT2D eigenvalue weighted by atomic mass is 9.91. The summed E-state index contributed by atoms with van der Waals surface area (Å²) in [6.07, 6.45) is 5.33. The molecular formula is C27H20FN7. The van der Waals surface area contributed by atoms with E-state index in [2.05, 4.69) is 21.0 Å². The standard InChI is InChI=1S/C27H20FN7/c1-27(2,15-29)24-11-9-20(13-32-24)35-25-21-12-18(17-4-7-19(28)8-5-17)6-10-22(21)31-14-23(25)34(3)26(35)33-16-30/h4-14H,1-3H3/b33-26-. The van der Waals surface area contributed by atoms with Crippen LogP contribution in [0.15, 0.2) is 72.0 Å². The molecule has 2 aromatic carbocycles. The number of nitrogens with zero attached hydrogens (tertiary/aromatic N) is 7. The minimum atomic E-state index is -0.734. The van der Waals surface area contributed by atoms with Crippen LogP contribution < -0.4 is 5.62 Å². The Morgan fingerprint density at radius 3 is 2.34 bits per heavy atom. The smallest absolute Gasteiger partial charge is 0.226 e. The average Bonchev–Trinajstić information content (AvgIpc) is 3.16. The number of fused-ring (bicyclic) bond motifs is 3. The number of aryl methyl sites for hydroxylation is 1. The molecule has 3 heterocycles. The zero-order valence-electron chi connectivity index (χ0n) is 19.4. The van der Waals surface area contributed by atoms with Crippen molar-refractivity contribution < 1.29 is 4.39 Å². The van der Waals surface area contributed by atoms with Crippen molar-refractivity contribution in [1.82, 2.24) is 19.1 Å². The van der Waals surface area contributed by atoms with Crippen molar-refractivity contribution >= 4 is 21.9 Å². The highest BCUT2D eigenvalue weighted by atomic mass is 19.1. The monoisotopic (exact) mass is 461 g/mol. The van der Waals surface area contributed by atoms with Gasteiger partial charge in [-0.05, 0) is 61.4 Å². The molecule has 0 unspecified atom stereocenters. The molecule has 0 spiro atoms. The van der Waals surface area contributed by atoms with Gasteiger partial charge in [0.05, 0.1) is 51.8 Å². The van der Waals surface area contributed by atoms with Crippen LogP contribution in [-0.2, 0) is 12.5 Å². The Morgan fingerprint density at radius 2 is 1.69 bits per heavy atom. The van der Waals surface area contributed by atoms with Crippen LogP contribution in [0.1, 0.15) is 19.5 Å². The highest BCUT2D eigenvalue weighted by molar-refractivity contribution is 6.04. The molecule has 0 amide bonds. The second-order valence-electron chi connectivity index (χ2n) is 8.78. The molecule has 0 fully saturated rings. The van der Waals surface area contributed by atoms with Gasteiger partial charge >= 0.3 is 0 Å². The van der Waals surface area contributed by atoms with Gasteiger partial charge in [0.15, 0.2) is 0 Å². The Kier molecular flexibility index (Phi) is 5.15. The fourth-order valence-electron chi connectivity index (χ4n) is 4.19. The molecule has 0 radical (unpaired) electrons. The highest BCUT2D eigenvalue weighted by Gasteiger charge is 2.22. The molecule has 170 valence electrons. The second kappa shape index (κ2) is 8.19. The number of pyridine rings is 2. The first kappa shape index (κ1) is 22.0. The maximum atomic E-state index is 13.5. The third-order valence-corrected chi connectivity index (χ3v) is 6.16. The zero-order chi connectivity index (χ0) is 24.7. The minimum absolute atomic E-state index is 0.294. The quantitative estimate of drug-likeness (QED) is 0.357. The summed E-state index contributed by atoms with van der Waals surface area (Å²) in [7, 11) is 1.83. The molecule has 0 bridgehead atoms. The molecule has 0 atom stereocenters. The number of nitriles is 2. The molecule has 5 aromatic rings. The van der Waals surface area contributed by atoms with Crippen LogP contribution in [0.2, 0.25) is 0 Å². The topological polar surface area (TPSA) is 95.6 Å². The van der Waals surface area contributed by atoms with E-state index in [9.17, 15) is 14.9 Å². The van der Waals surface area contributed by atoms with Gasteiger partial charge in [0, 0.05) is 12.4 Å².